The Kier molecular flexibility index (Phi) is 3.84. The lowest BCUT2D eigenvalue weighted by Crippen LogP contribution is -2.57. The zero-order valence-electron chi connectivity index (χ0n) is 9.19. The molecule has 0 bridgehead atoms. The number of rotatable bonds is 3. The van der Waals surface area contributed by atoms with Gasteiger partial charge in [-0.05, 0) is 33.7 Å². The second-order valence-corrected chi connectivity index (χ2v) is 4.34. The van der Waals surface area contributed by atoms with Crippen molar-refractivity contribution in [3.63, 3.8) is 0 Å². The Labute approximate surface area is 84.7 Å². The lowest BCUT2D eigenvalue weighted by molar-refractivity contribution is -0.0121. The van der Waals surface area contributed by atoms with Crippen molar-refractivity contribution >= 4 is 0 Å². The van der Waals surface area contributed by atoms with Crippen LogP contribution in [0.2, 0.25) is 0 Å². The third-order valence-corrected chi connectivity index (χ3v) is 3.34. The maximum atomic E-state index is 12.8. The number of hydrogen-bond donors (Lipinski definition) is 1. The minimum absolute atomic E-state index is 0.461. The average molecular weight is 206 g/mol. The van der Waals surface area contributed by atoms with E-state index >= 15 is 0 Å². The van der Waals surface area contributed by atoms with Gasteiger partial charge >= 0.3 is 0 Å². The molecule has 0 radical (unpaired) electrons. The van der Waals surface area contributed by atoms with Crippen molar-refractivity contribution in [3.8, 4) is 0 Å². The minimum atomic E-state index is -2.26. The Bertz CT molecular complexity index is 175. The predicted molar refractivity (Wildman–Crippen MR) is 53.7 cm³/mol. The summed E-state index contributed by atoms with van der Waals surface area (Å²) in [7, 11) is 1.64. The van der Waals surface area contributed by atoms with E-state index in [1.807, 2.05) is 0 Å². The first kappa shape index (κ1) is 11.9. The highest BCUT2D eigenvalue weighted by Crippen LogP contribution is 2.28. The molecule has 0 aliphatic carbocycles. The van der Waals surface area contributed by atoms with E-state index in [9.17, 15) is 8.78 Å². The van der Waals surface area contributed by atoms with Crippen molar-refractivity contribution in [1.82, 2.24) is 10.2 Å². The van der Waals surface area contributed by atoms with Crippen LogP contribution < -0.4 is 5.32 Å². The van der Waals surface area contributed by atoms with E-state index in [0.29, 0.717) is 18.9 Å². The summed E-state index contributed by atoms with van der Waals surface area (Å²) in [4.78, 5) is 2.25. The zero-order valence-corrected chi connectivity index (χ0v) is 9.19. The smallest absolute Gasteiger partial charge is 0.256 e. The van der Waals surface area contributed by atoms with Crippen LogP contribution in [0.25, 0.3) is 0 Å². The highest BCUT2D eigenvalue weighted by molar-refractivity contribution is 4.95. The molecule has 1 rings (SSSR count). The van der Waals surface area contributed by atoms with E-state index in [-0.39, 0.29) is 0 Å². The third-order valence-electron chi connectivity index (χ3n) is 3.34. The summed E-state index contributed by atoms with van der Waals surface area (Å²) in [6.07, 6.45) is -1.18. The van der Waals surface area contributed by atoms with Gasteiger partial charge in [-0.3, -0.25) is 0 Å². The lowest BCUT2D eigenvalue weighted by Gasteiger charge is -2.42. The van der Waals surface area contributed by atoms with Crippen molar-refractivity contribution in [2.45, 2.75) is 44.7 Å². The van der Waals surface area contributed by atoms with Crippen LogP contribution in [-0.4, -0.2) is 43.0 Å². The standard InChI is InChI=1S/C10H20F2N2/c1-8(2)14-6-4-10(13-3,5-7-14)9(11)12/h8-9,13H,4-7H2,1-3H3. The molecule has 0 aromatic heterocycles. The summed E-state index contributed by atoms with van der Waals surface area (Å²) in [5, 5.41) is 2.80. The molecular formula is C10H20F2N2. The van der Waals surface area contributed by atoms with Gasteiger partial charge in [-0.1, -0.05) is 0 Å². The van der Waals surface area contributed by atoms with Gasteiger partial charge in [0.25, 0.3) is 6.43 Å². The maximum absolute atomic E-state index is 12.8. The molecule has 0 atom stereocenters. The summed E-state index contributed by atoms with van der Waals surface area (Å²) in [5.74, 6) is 0. The Morgan fingerprint density at radius 1 is 1.21 bits per heavy atom. The molecule has 84 valence electrons. The lowest BCUT2D eigenvalue weighted by atomic mass is 9.87. The largest absolute Gasteiger partial charge is 0.309 e. The van der Waals surface area contributed by atoms with Crippen LogP contribution in [0.15, 0.2) is 0 Å². The molecule has 0 aromatic rings. The topological polar surface area (TPSA) is 15.3 Å². The number of alkyl halides is 2. The zero-order chi connectivity index (χ0) is 10.8. The fourth-order valence-electron chi connectivity index (χ4n) is 2.02. The van der Waals surface area contributed by atoms with Gasteiger partial charge in [0.2, 0.25) is 0 Å². The Morgan fingerprint density at radius 2 is 1.71 bits per heavy atom. The maximum Gasteiger partial charge on any atom is 0.256 e. The van der Waals surface area contributed by atoms with Crippen molar-refractivity contribution in [1.29, 1.82) is 0 Å². The molecule has 2 nitrogen and oxygen atoms in total. The van der Waals surface area contributed by atoms with Crippen molar-refractivity contribution in [2.24, 2.45) is 0 Å². The summed E-state index contributed by atoms with van der Waals surface area (Å²) in [6.45, 7) is 5.75. The second-order valence-electron chi connectivity index (χ2n) is 4.34. The van der Waals surface area contributed by atoms with E-state index in [1.165, 1.54) is 0 Å². The number of piperidine rings is 1. The number of nitrogens with zero attached hydrogens (tertiary/aromatic N) is 1. The SMILES string of the molecule is CNC1(C(F)F)CCN(C(C)C)CC1. The van der Waals surface area contributed by atoms with Gasteiger partial charge < -0.3 is 10.2 Å². The van der Waals surface area contributed by atoms with Crippen LogP contribution in [0.3, 0.4) is 0 Å². The van der Waals surface area contributed by atoms with Crippen LogP contribution in [0.4, 0.5) is 8.78 Å². The third kappa shape index (κ3) is 2.23. The number of nitrogens with one attached hydrogen (secondary N) is 1. The van der Waals surface area contributed by atoms with Crippen LogP contribution in [0.5, 0.6) is 0 Å². The molecule has 0 unspecified atom stereocenters. The molecule has 1 heterocycles. The van der Waals surface area contributed by atoms with Gasteiger partial charge in [0.05, 0.1) is 5.54 Å². The molecule has 4 heteroatoms. The monoisotopic (exact) mass is 206 g/mol. The van der Waals surface area contributed by atoms with E-state index in [1.54, 1.807) is 7.05 Å². The van der Waals surface area contributed by atoms with E-state index in [4.69, 9.17) is 0 Å². The molecule has 0 aromatic carbocycles. The quantitative estimate of drug-likeness (QED) is 0.756. The van der Waals surface area contributed by atoms with Crippen LogP contribution >= 0.6 is 0 Å². The van der Waals surface area contributed by atoms with Crippen LogP contribution in [-0.2, 0) is 0 Å². The molecular weight excluding hydrogens is 186 g/mol. The fourth-order valence-corrected chi connectivity index (χ4v) is 2.02. The Balaban J connectivity index is 2.55. The molecule has 0 amide bonds. The van der Waals surface area contributed by atoms with Crippen molar-refractivity contribution < 1.29 is 8.78 Å². The summed E-state index contributed by atoms with van der Waals surface area (Å²) >= 11 is 0. The molecule has 1 aliphatic rings. The highest BCUT2D eigenvalue weighted by Gasteiger charge is 2.41. The van der Waals surface area contributed by atoms with Crippen LogP contribution in [0, 0.1) is 0 Å². The fraction of sp³-hybridized carbons (Fsp3) is 1.00. The van der Waals surface area contributed by atoms with E-state index in [2.05, 4.69) is 24.1 Å². The van der Waals surface area contributed by atoms with Gasteiger partial charge in [-0.2, -0.15) is 0 Å². The predicted octanol–water partition coefficient (Wildman–Crippen LogP) is 1.71. The molecule has 0 spiro atoms. The normalized spacial score (nSPS) is 23.4. The van der Waals surface area contributed by atoms with Crippen LogP contribution in [0.1, 0.15) is 26.7 Å². The molecule has 0 saturated carbocycles. The van der Waals surface area contributed by atoms with E-state index < -0.39 is 12.0 Å². The van der Waals surface area contributed by atoms with Gasteiger partial charge in [-0.25, -0.2) is 8.78 Å². The Hall–Kier alpha value is -0.220. The number of halogens is 2. The molecule has 1 N–H and O–H groups in total. The van der Waals surface area contributed by atoms with Gasteiger partial charge in [0.1, 0.15) is 0 Å². The first-order chi connectivity index (χ1) is 6.52. The van der Waals surface area contributed by atoms with Crippen molar-refractivity contribution in [2.75, 3.05) is 20.1 Å². The number of hydrogen-bond acceptors (Lipinski definition) is 2. The summed E-state index contributed by atoms with van der Waals surface area (Å²) in [6, 6.07) is 0.461. The summed E-state index contributed by atoms with van der Waals surface area (Å²) in [5.41, 5.74) is -0.939. The summed E-state index contributed by atoms with van der Waals surface area (Å²) < 4.78 is 25.6. The molecule has 1 aliphatic heterocycles. The van der Waals surface area contributed by atoms with Crippen molar-refractivity contribution in [3.05, 3.63) is 0 Å². The second kappa shape index (κ2) is 4.53. The molecule has 1 fully saturated rings. The first-order valence-electron chi connectivity index (χ1n) is 5.23. The highest BCUT2D eigenvalue weighted by atomic mass is 19.3. The van der Waals surface area contributed by atoms with E-state index in [0.717, 1.165) is 13.1 Å². The molecule has 14 heavy (non-hydrogen) atoms. The van der Waals surface area contributed by atoms with Gasteiger partial charge in [0, 0.05) is 19.1 Å². The average Bonchev–Trinajstić information content (AvgIpc) is 2.17. The number of likely N-dealkylation sites (tertiary alicyclic amines) is 1. The van der Waals surface area contributed by atoms with Gasteiger partial charge in [0.15, 0.2) is 0 Å². The first-order valence-corrected chi connectivity index (χ1v) is 5.23. The Morgan fingerprint density at radius 3 is 2.00 bits per heavy atom. The minimum Gasteiger partial charge on any atom is -0.309 e. The molecule has 1 saturated heterocycles. The van der Waals surface area contributed by atoms with Gasteiger partial charge in [-0.15, -0.1) is 0 Å².